The van der Waals surface area contributed by atoms with Crippen molar-refractivity contribution in [3.8, 4) is 0 Å². The molecule has 0 aromatic heterocycles. The predicted molar refractivity (Wildman–Crippen MR) is 119 cm³/mol. The van der Waals surface area contributed by atoms with Crippen molar-refractivity contribution < 1.29 is 8.42 Å². The summed E-state index contributed by atoms with van der Waals surface area (Å²) in [4.78, 5) is 2.04. The van der Waals surface area contributed by atoms with Gasteiger partial charge in [0.2, 0.25) is 10.0 Å². The predicted octanol–water partition coefficient (Wildman–Crippen LogP) is 4.13. The zero-order valence-corrected chi connectivity index (χ0v) is 19.9. The first-order valence-electron chi connectivity index (χ1n) is 9.46. The summed E-state index contributed by atoms with van der Waals surface area (Å²) in [6.45, 7) is 1.81. The van der Waals surface area contributed by atoms with Gasteiger partial charge in [0, 0.05) is 36.7 Å². The fourth-order valence-electron chi connectivity index (χ4n) is 4.71. The summed E-state index contributed by atoms with van der Waals surface area (Å²) >= 11 is 21.2. The van der Waals surface area contributed by atoms with Crippen molar-refractivity contribution in [2.45, 2.75) is 36.6 Å². The Bertz CT molecular complexity index is 868. The first kappa shape index (κ1) is 21.1. The summed E-state index contributed by atoms with van der Waals surface area (Å²) in [6.07, 6.45) is 5.18. The molecule has 3 atom stereocenters. The van der Waals surface area contributed by atoms with Gasteiger partial charge in [-0.3, -0.25) is 0 Å². The minimum Gasteiger partial charge on any atom is -0.360 e. The highest BCUT2D eigenvalue weighted by atomic mass is 79.9. The molecule has 3 fully saturated rings. The Balaban J connectivity index is 1.39. The molecule has 28 heavy (non-hydrogen) atoms. The van der Waals surface area contributed by atoms with Gasteiger partial charge < -0.3 is 10.2 Å². The van der Waals surface area contributed by atoms with Crippen LogP contribution in [-0.4, -0.2) is 55.0 Å². The van der Waals surface area contributed by atoms with E-state index in [-0.39, 0.29) is 14.9 Å². The number of nitrogens with one attached hydrogen (secondary N) is 1. The second-order valence-electron chi connectivity index (χ2n) is 7.82. The van der Waals surface area contributed by atoms with Crippen molar-refractivity contribution in [3.05, 3.63) is 26.7 Å². The lowest BCUT2D eigenvalue weighted by Crippen LogP contribution is -2.55. The summed E-state index contributed by atoms with van der Waals surface area (Å²) in [6, 6.07) is 3.57. The number of piperazine rings is 1. The molecule has 4 rings (SSSR count). The van der Waals surface area contributed by atoms with E-state index in [1.807, 2.05) is 0 Å². The monoisotopic (exact) mass is 525 g/mol. The average molecular weight is 527 g/mol. The van der Waals surface area contributed by atoms with Crippen LogP contribution in [0, 0.1) is 11.8 Å². The molecule has 2 bridgehead atoms. The van der Waals surface area contributed by atoms with E-state index in [0.717, 1.165) is 16.9 Å². The Kier molecular flexibility index (Phi) is 6.18. The second kappa shape index (κ2) is 8.19. The number of benzene rings is 1. The van der Waals surface area contributed by atoms with Crippen molar-refractivity contribution >= 4 is 66.5 Å². The van der Waals surface area contributed by atoms with Gasteiger partial charge in [0.25, 0.3) is 0 Å². The summed E-state index contributed by atoms with van der Waals surface area (Å²) in [7, 11) is -3.76. The van der Waals surface area contributed by atoms with Crippen LogP contribution in [0.15, 0.2) is 21.5 Å². The molecule has 2 aliphatic carbocycles. The zero-order chi connectivity index (χ0) is 20.1. The highest BCUT2D eigenvalue weighted by Gasteiger charge is 2.40. The molecule has 5 nitrogen and oxygen atoms in total. The van der Waals surface area contributed by atoms with E-state index < -0.39 is 10.0 Å². The largest absolute Gasteiger partial charge is 0.360 e. The topological polar surface area (TPSA) is 52.7 Å². The molecule has 0 amide bonds. The second-order valence-corrected chi connectivity index (χ2v) is 11.8. The fourth-order valence-corrected chi connectivity index (χ4v) is 8.35. The van der Waals surface area contributed by atoms with E-state index >= 15 is 0 Å². The number of halogens is 3. The van der Waals surface area contributed by atoms with Crippen LogP contribution in [0.25, 0.3) is 0 Å². The van der Waals surface area contributed by atoms with Gasteiger partial charge in [-0.1, -0.05) is 45.6 Å². The molecule has 10 heteroatoms. The van der Waals surface area contributed by atoms with Crippen molar-refractivity contribution in [3.63, 3.8) is 0 Å². The van der Waals surface area contributed by atoms with Crippen LogP contribution in [0.3, 0.4) is 0 Å². The molecular formula is C18H22BrCl2N3O2S2. The van der Waals surface area contributed by atoms with Crippen LogP contribution in [0.2, 0.25) is 10.0 Å². The van der Waals surface area contributed by atoms with E-state index in [1.54, 1.807) is 12.1 Å². The summed E-state index contributed by atoms with van der Waals surface area (Å²) in [5.41, 5.74) is 0. The number of sulfonamides is 1. The van der Waals surface area contributed by atoms with E-state index in [1.165, 1.54) is 30.0 Å². The Morgan fingerprint density at radius 1 is 1.11 bits per heavy atom. The third-order valence-corrected chi connectivity index (χ3v) is 9.79. The van der Waals surface area contributed by atoms with Gasteiger partial charge in [0.1, 0.15) is 4.90 Å². The summed E-state index contributed by atoms with van der Waals surface area (Å²) in [5.74, 6) is 1.60. The first-order valence-corrected chi connectivity index (χ1v) is 12.9. The van der Waals surface area contributed by atoms with Gasteiger partial charge in [-0.25, -0.2) is 8.42 Å². The molecule has 3 aliphatic rings. The molecule has 1 aromatic rings. The number of hydrogen-bond donors (Lipinski definition) is 1. The minimum atomic E-state index is -3.76. The number of rotatable bonds is 3. The molecule has 1 aliphatic heterocycles. The van der Waals surface area contributed by atoms with E-state index in [0.29, 0.717) is 36.7 Å². The Morgan fingerprint density at radius 2 is 1.75 bits per heavy atom. The van der Waals surface area contributed by atoms with Crippen LogP contribution in [0.4, 0.5) is 0 Å². The number of nitrogens with zero attached hydrogens (tertiary/aromatic N) is 2. The van der Waals surface area contributed by atoms with E-state index in [9.17, 15) is 8.42 Å². The molecule has 1 saturated heterocycles. The van der Waals surface area contributed by atoms with Crippen molar-refractivity contribution in [1.82, 2.24) is 14.5 Å². The standard InChI is InChI=1S/C18H22BrCl2N3O2S2/c19-13-9-14(20)17(15(21)10-13)28(25,26)24-5-3-23(4-6-24)18(27)22-16-8-11-1-2-12(16)7-11/h9-12,16H,1-8H2,(H,22,27)/t11-,12-,16+/m0/s1. The molecule has 2 saturated carbocycles. The fraction of sp³-hybridized carbons (Fsp3) is 0.611. The minimum absolute atomic E-state index is 0.0323. The van der Waals surface area contributed by atoms with Crippen LogP contribution in [-0.2, 0) is 10.0 Å². The smallest absolute Gasteiger partial charge is 0.246 e. The molecular weight excluding hydrogens is 505 g/mol. The summed E-state index contributed by atoms with van der Waals surface area (Å²) < 4.78 is 28.2. The number of thiocarbonyl (C=S) groups is 1. The highest BCUT2D eigenvalue weighted by Crippen LogP contribution is 2.44. The maximum absolute atomic E-state index is 13.1. The van der Waals surface area contributed by atoms with Crippen LogP contribution >= 0.6 is 51.3 Å². The molecule has 154 valence electrons. The van der Waals surface area contributed by atoms with Crippen LogP contribution in [0.5, 0.6) is 0 Å². The molecule has 1 aromatic carbocycles. The number of hydrogen-bond acceptors (Lipinski definition) is 3. The van der Waals surface area contributed by atoms with Crippen molar-refractivity contribution in [2.75, 3.05) is 26.2 Å². The Labute approximate surface area is 189 Å². The normalized spacial score (nSPS) is 28.0. The van der Waals surface area contributed by atoms with Crippen LogP contribution < -0.4 is 5.32 Å². The SMILES string of the molecule is O=S(=O)(c1c(Cl)cc(Br)cc1Cl)N1CCN(C(=S)N[C@@H]2C[C@H]3CC[C@H]2C3)CC1. The molecule has 0 spiro atoms. The maximum atomic E-state index is 13.1. The third kappa shape index (κ3) is 4.05. The highest BCUT2D eigenvalue weighted by molar-refractivity contribution is 9.10. The quantitative estimate of drug-likeness (QED) is 0.600. The molecule has 0 radical (unpaired) electrons. The molecule has 1 heterocycles. The lowest BCUT2D eigenvalue weighted by molar-refractivity contribution is 0.258. The lowest BCUT2D eigenvalue weighted by Gasteiger charge is -2.37. The van der Waals surface area contributed by atoms with Gasteiger partial charge in [-0.05, 0) is 55.4 Å². The van der Waals surface area contributed by atoms with Crippen LogP contribution in [0.1, 0.15) is 25.7 Å². The Hall–Kier alpha value is -0.120. The number of fused-ring (bicyclic) bond motifs is 2. The third-order valence-electron chi connectivity index (χ3n) is 6.13. The zero-order valence-electron chi connectivity index (χ0n) is 15.2. The van der Waals surface area contributed by atoms with Gasteiger partial charge in [0.15, 0.2) is 5.11 Å². The average Bonchev–Trinajstić information content (AvgIpc) is 3.23. The van der Waals surface area contributed by atoms with Crippen molar-refractivity contribution in [2.24, 2.45) is 11.8 Å². The molecule has 1 N–H and O–H groups in total. The Morgan fingerprint density at radius 3 is 2.29 bits per heavy atom. The van der Waals surface area contributed by atoms with E-state index in [4.69, 9.17) is 35.4 Å². The van der Waals surface area contributed by atoms with Gasteiger partial charge in [-0.2, -0.15) is 4.31 Å². The van der Waals surface area contributed by atoms with Gasteiger partial charge in [0.05, 0.1) is 10.0 Å². The van der Waals surface area contributed by atoms with E-state index in [2.05, 4.69) is 26.1 Å². The maximum Gasteiger partial charge on any atom is 0.246 e. The van der Waals surface area contributed by atoms with Gasteiger partial charge in [-0.15, -0.1) is 0 Å². The van der Waals surface area contributed by atoms with Gasteiger partial charge >= 0.3 is 0 Å². The van der Waals surface area contributed by atoms with Crippen molar-refractivity contribution in [1.29, 1.82) is 0 Å². The summed E-state index contributed by atoms with van der Waals surface area (Å²) in [5, 5.41) is 4.52. The first-order chi connectivity index (χ1) is 13.3. The molecule has 0 unspecified atom stereocenters. The lowest BCUT2D eigenvalue weighted by atomic mass is 9.95.